The minimum absolute atomic E-state index is 0.0740. The summed E-state index contributed by atoms with van der Waals surface area (Å²) >= 11 is 3.77. The van der Waals surface area contributed by atoms with E-state index in [4.69, 9.17) is 0 Å². The molecular weight excluding hydrogens is 422 g/mol. The third-order valence-electron chi connectivity index (χ3n) is 7.38. The lowest BCUT2D eigenvalue weighted by molar-refractivity contribution is -0.0849. The Hall–Kier alpha value is -1.32. The molecule has 3 heteroatoms. The summed E-state index contributed by atoms with van der Waals surface area (Å²) in [5.74, 6) is 0. The van der Waals surface area contributed by atoms with Crippen molar-refractivity contribution in [2.24, 2.45) is 10.8 Å². The molecule has 1 fully saturated rings. The minimum atomic E-state index is -0.411. The standard InChI is InChI=1S/C25H29BrNSi/c1-23(2)14-24(3,4)25(23)19-10-8-7-9-17(19)22-21(25)18-13-16(26)11-12-20(18)27(22)15-28(5)6/h7-13H,14-15H2,1-6H3. The Labute approximate surface area is 178 Å². The van der Waals surface area contributed by atoms with Crippen molar-refractivity contribution < 1.29 is 0 Å². The number of hydrogen-bond donors (Lipinski definition) is 0. The van der Waals surface area contributed by atoms with Gasteiger partial charge in [0.15, 0.2) is 0 Å². The minimum Gasteiger partial charge on any atom is -0.344 e. The van der Waals surface area contributed by atoms with Crippen molar-refractivity contribution in [2.45, 2.75) is 58.8 Å². The van der Waals surface area contributed by atoms with Crippen molar-refractivity contribution in [3.05, 3.63) is 58.1 Å². The summed E-state index contributed by atoms with van der Waals surface area (Å²) in [4.78, 5) is 0. The Balaban J connectivity index is 2.00. The predicted molar refractivity (Wildman–Crippen MR) is 126 cm³/mol. The van der Waals surface area contributed by atoms with E-state index in [1.165, 1.54) is 33.1 Å². The number of fused-ring (bicyclic) bond motifs is 7. The van der Waals surface area contributed by atoms with E-state index in [1.807, 2.05) is 0 Å². The lowest BCUT2D eigenvalue weighted by Crippen LogP contribution is -2.63. The van der Waals surface area contributed by atoms with E-state index in [0.29, 0.717) is 0 Å². The van der Waals surface area contributed by atoms with Gasteiger partial charge in [0.2, 0.25) is 0 Å². The second-order valence-corrected chi connectivity index (χ2v) is 14.1. The molecule has 2 aliphatic carbocycles. The first kappa shape index (κ1) is 18.7. The van der Waals surface area contributed by atoms with Gasteiger partial charge in [-0.3, -0.25) is 0 Å². The van der Waals surface area contributed by atoms with Crippen molar-refractivity contribution in [1.82, 2.24) is 4.57 Å². The van der Waals surface area contributed by atoms with E-state index < -0.39 is 8.80 Å². The zero-order valence-electron chi connectivity index (χ0n) is 17.8. The fourth-order valence-electron chi connectivity index (χ4n) is 7.20. The van der Waals surface area contributed by atoms with Crippen LogP contribution in [0.5, 0.6) is 0 Å². The van der Waals surface area contributed by atoms with Crippen LogP contribution in [-0.2, 0) is 11.6 Å². The van der Waals surface area contributed by atoms with Gasteiger partial charge in [-0.05, 0) is 46.6 Å². The third-order valence-corrected chi connectivity index (χ3v) is 8.82. The highest BCUT2D eigenvalue weighted by atomic mass is 79.9. The molecule has 3 aromatic rings. The summed E-state index contributed by atoms with van der Waals surface area (Å²) in [6.07, 6.45) is 2.41. The van der Waals surface area contributed by atoms with Gasteiger partial charge in [-0.2, -0.15) is 0 Å². The fourth-order valence-corrected chi connectivity index (χ4v) is 8.53. The molecule has 1 spiro atoms. The van der Waals surface area contributed by atoms with E-state index in [-0.39, 0.29) is 16.2 Å². The third kappa shape index (κ3) is 2.02. The van der Waals surface area contributed by atoms with Crippen LogP contribution in [0.1, 0.15) is 45.2 Å². The van der Waals surface area contributed by atoms with E-state index in [9.17, 15) is 0 Å². The Bertz CT molecular complexity index is 1110. The summed E-state index contributed by atoms with van der Waals surface area (Å²) in [7, 11) is -0.411. The van der Waals surface area contributed by atoms with E-state index >= 15 is 0 Å². The van der Waals surface area contributed by atoms with Gasteiger partial charge in [-0.15, -0.1) is 0 Å². The molecule has 2 aromatic carbocycles. The molecule has 0 atom stereocenters. The molecule has 0 bridgehead atoms. The fraction of sp³-hybridized carbons (Fsp3) is 0.440. The average molecular weight is 452 g/mol. The monoisotopic (exact) mass is 450 g/mol. The highest BCUT2D eigenvalue weighted by molar-refractivity contribution is 9.10. The molecule has 1 saturated carbocycles. The topological polar surface area (TPSA) is 4.93 Å². The molecule has 1 radical (unpaired) electrons. The van der Waals surface area contributed by atoms with Crippen LogP contribution in [0.25, 0.3) is 22.2 Å². The zero-order chi connectivity index (χ0) is 20.1. The first-order chi connectivity index (χ1) is 13.1. The smallest absolute Gasteiger partial charge is 0.0661 e. The molecule has 0 N–H and O–H groups in total. The van der Waals surface area contributed by atoms with Crippen LogP contribution >= 0.6 is 15.9 Å². The summed E-state index contributed by atoms with van der Waals surface area (Å²) in [5.41, 5.74) is 8.07. The van der Waals surface area contributed by atoms with Crippen LogP contribution in [0, 0.1) is 10.8 Å². The lowest BCUT2D eigenvalue weighted by atomic mass is 9.35. The van der Waals surface area contributed by atoms with Gasteiger partial charge < -0.3 is 4.57 Å². The molecule has 1 aromatic heterocycles. The SMILES string of the molecule is C[Si](C)Cn1c2c(c3cc(Br)ccc31)C1(c3ccccc3-2)C(C)(C)CC1(C)C. The lowest BCUT2D eigenvalue weighted by Gasteiger charge is -2.67. The highest BCUT2D eigenvalue weighted by Crippen LogP contribution is 2.76. The van der Waals surface area contributed by atoms with Crippen LogP contribution in [0.4, 0.5) is 0 Å². The quantitative estimate of drug-likeness (QED) is 0.357. The van der Waals surface area contributed by atoms with Crippen molar-refractivity contribution in [1.29, 1.82) is 0 Å². The first-order valence-corrected chi connectivity index (χ1v) is 13.8. The molecule has 28 heavy (non-hydrogen) atoms. The first-order valence-electron chi connectivity index (χ1n) is 10.3. The van der Waals surface area contributed by atoms with E-state index in [1.54, 1.807) is 11.1 Å². The van der Waals surface area contributed by atoms with Crippen LogP contribution in [-0.4, -0.2) is 13.4 Å². The molecule has 5 rings (SSSR count). The maximum Gasteiger partial charge on any atom is 0.0661 e. The van der Waals surface area contributed by atoms with Crippen LogP contribution < -0.4 is 0 Å². The Kier molecular flexibility index (Phi) is 3.76. The average Bonchev–Trinajstić information content (AvgIpc) is 3.06. The van der Waals surface area contributed by atoms with Gasteiger partial charge in [0.05, 0.1) is 14.5 Å². The molecule has 0 amide bonds. The van der Waals surface area contributed by atoms with Crippen LogP contribution in [0.3, 0.4) is 0 Å². The number of benzene rings is 2. The molecule has 0 aliphatic heterocycles. The number of nitrogens with zero attached hydrogens (tertiary/aromatic N) is 1. The van der Waals surface area contributed by atoms with Gasteiger partial charge in [0.25, 0.3) is 0 Å². The second-order valence-electron chi connectivity index (χ2n) is 10.4. The Morgan fingerprint density at radius 3 is 2.32 bits per heavy atom. The zero-order valence-corrected chi connectivity index (χ0v) is 20.4. The summed E-state index contributed by atoms with van der Waals surface area (Å²) in [6.45, 7) is 14.8. The van der Waals surface area contributed by atoms with Gasteiger partial charge >= 0.3 is 0 Å². The van der Waals surface area contributed by atoms with Gasteiger partial charge in [-0.25, -0.2) is 0 Å². The normalized spacial score (nSPS) is 20.4. The Morgan fingerprint density at radius 2 is 1.68 bits per heavy atom. The number of hydrogen-bond acceptors (Lipinski definition) is 0. The summed E-state index contributed by atoms with van der Waals surface area (Å²) in [5, 5.41) is 1.45. The summed E-state index contributed by atoms with van der Waals surface area (Å²) < 4.78 is 3.84. The van der Waals surface area contributed by atoms with E-state index in [2.05, 4.69) is 104 Å². The Morgan fingerprint density at radius 1 is 1.00 bits per heavy atom. The van der Waals surface area contributed by atoms with Crippen LogP contribution in [0.2, 0.25) is 13.1 Å². The molecule has 145 valence electrons. The molecule has 2 aliphatic rings. The number of aromatic nitrogens is 1. The van der Waals surface area contributed by atoms with Gasteiger partial charge in [0.1, 0.15) is 0 Å². The van der Waals surface area contributed by atoms with Crippen molar-refractivity contribution in [2.75, 3.05) is 0 Å². The molecular formula is C25H29BrNSi. The maximum absolute atomic E-state index is 3.77. The molecule has 0 unspecified atom stereocenters. The molecule has 0 saturated heterocycles. The van der Waals surface area contributed by atoms with Crippen molar-refractivity contribution >= 4 is 35.6 Å². The number of halogens is 1. The predicted octanol–water partition coefficient (Wildman–Crippen LogP) is 7.42. The molecule has 1 heterocycles. The van der Waals surface area contributed by atoms with Crippen molar-refractivity contribution in [3.63, 3.8) is 0 Å². The van der Waals surface area contributed by atoms with E-state index in [0.717, 1.165) is 6.17 Å². The highest BCUT2D eigenvalue weighted by Gasteiger charge is 2.70. The van der Waals surface area contributed by atoms with Crippen LogP contribution in [0.15, 0.2) is 46.9 Å². The number of rotatable bonds is 2. The second kappa shape index (κ2) is 5.63. The van der Waals surface area contributed by atoms with Gasteiger partial charge in [0, 0.05) is 32.5 Å². The van der Waals surface area contributed by atoms with Gasteiger partial charge in [-0.1, -0.05) is 81.0 Å². The summed E-state index contributed by atoms with van der Waals surface area (Å²) in [6, 6.07) is 16.2. The maximum atomic E-state index is 3.77. The largest absolute Gasteiger partial charge is 0.344 e. The van der Waals surface area contributed by atoms with Crippen molar-refractivity contribution in [3.8, 4) is 11.3 Å². The molecule has 1 nitrogen and oxygen atoms in total.